The van der Waals surface area contributed by atoms with E-state index in [1.807, 2.05) is 6.92 Å². The molecule has 2 N–H and O–H groups in total. The van der Waals surface area contributed by atoms with E-state index in [9.17, 15) is 0 Å². The van der Waals surface area contributed by atoms with Gasteiger partial charge in [0, 0.05) is 0 Å². The second-order valence-electron chi connectivity index (χ2n) is 0.656. The fraction of sp³-hybridized carbons (Fsp3) is 1.00. The van der Waals surface area contributed by atoms with E-state index in [0.717, 1.165) is 6.54 Å². The van der Waals surface area contributed by atoms with Gasteiger partial charge in [0.15, 0.2) is 0 Å². The third kappa shape index (κ3) is 48.1. The van der Waals surface area contributed by atoms with Gasteiger partial charge in [0.2, 0.25) is 0 Å². The van der Waals surface area contributed by atoms with Crippen molar-refractivity contribution in [3.05, 3.63) is 0 Å². The van der Waals surface area contributed by atoms with E-state index in [1.165, 1.54) is 0 Å². The van der Waals surface area contributed by atoms with Gasteiger partial charge in [-0.25, -0.2) is 0 Å². The number of nitrogens with two attached hydrogens (primary N) is 1. The average molecular weight is 634 g/mol. The number of hydrogen-bond donors (Lipinski definition) is 1. The van der Waals surface area contributed by atoms with Gasteiger partial charge < -0.3 is 5.73 Å². The minimum absolute atomic E-state index is 0.750. The number of hydrogen-bond acceptors (Lipinski definition) is 1. The van der Waals surface area contributed by atoms with Crippen molar-refractivity contribution < 1.29 is 0 Å². The average Bonchev–Trinajstić information content (AvgIpc) is 1.33. The number of rotatable bonds is 0. The first kappa shape index (κ1) is 12.7. The predicted octanol–water partition coefficient (Wildman–Crippen LogP) is 1.97. The zero-order chi connectivity index (χ0) is 6.28. The molecule has 0 aromatic heterocycles. The molecule has 0 heterocycles. The third-order valence-electron chi connectivity index (χ3n) is 0. The molecule has 0 bridgehead atoms. The summed E-state index contributed by atoms with van der Waals surface area (Å²) < 4.78 is 0. The molecule has 0 fully saturated rings. The Labute approximate surface area is 80.0 Å². The summed E-state index contributed by atoms with van der Waals surface area (Å²) >= 11 is 7.62. The summed E-state index contributed by atoms with van der Waals surface area (Å²) in [6, 6.07) is 0. The van der Waals surface area contributed by atoms with Crippen LogP contribution >= 0.6 is 53.3 Å². The SMILES string of the molecule is CCN.[I][PbH]([I])[I]. The van der Waals surface area contributed by atoms with Crippen molar-refractivity contribution in [3.63, 3.8) is 0 Å². The van der Waals surface area contributed by atoms with Gasteiger partial charge in [-0.15, -0.1) is 0 Å². The molecule has 1 nitrogen and oxygen atoms in total. The predicted molar refractivity (Wildman–Crippen MR) is 63.9 cm³/mol. The Morgan fingerprint density at radius 1 is 1.43 bits per heavy atom. The first-order valence-electron chi connectivity index (χ1n) is 1.77. The van der Waals surface area contributed by atoms with Crippen LogP contribution in [0.3, 0.4) is 0 Å². The standard InChI is InChI=1S/C2H7N.3HI.Pb.H/c1-2-3;;;;;/h2-3H2,1H3;3*1H;;/q;;;;+3;/p-3. The van der Waals surface area contributed by atoms with E-state index in [1.54, 1.807) is 0 Å². The first-order valence-corrected chi connectivity index (χ1v) is 39.7. The molecule has 0 aromatic carbocycles. The van der Waals surface area contributed by atoms with Gasteiger partial charge in [0.1, 0.15) is 0 Å². The van der Waals surface area contributed by atoms with E-state index in [-0.39, 0.29) is 0 Å². The zero-order valence-electron chi connectivity index (χ0n) is 4.00. The van der Waals surface area contributed by atoms with Gasteiger partial charge in [-0.1, -0.05) is 6.92 Å². The molecular formula is C2H8I3NPb. The summed E-state index contributed by atoms with van der Waals surface area (Å²) in [4.78, 5) is 0. The fourth-order valence-corrected chi connectivity index (χ4v) is 0. The second-order valence-corrected chi connectivity index (χ2v) is 98.1. The monoisotopic (exact) mass is 635 g/mol. The van der Waals surface area contributed by atoms with Gasteiger partial charge in [0.05, 0.1) is 0 Å². The van der Waals surface area contributed by atoms with Crippen LogP contribution in [-0.2, 0) is 0 Å². The summed E-state index contributed by atoms with van der Waals surface area (Å²) in [6.45, 7) is 2.65. The molecule has 7 heavy (non-hydrogen) atoms. The van der Waals surface area contributed by atoms with Crippen LogP contribution in [0.15, 0.2) is 0 Å². The maximum atomic E-state index is 4.85. The van der Waals surface area contributed by atoms with Crippen LogP contribution in [-0.4, -0.2) is 16.4 Å². The van der Waals surface area contributed by atoms with Crippen molar-refractivity contribution in [3.8, 4) is 0 Å². The number of halogens is 3. The Morgan fingerprint density at radius 3 is 1.43 bits per heavy atom. The molecular weight excluding hydrogens is 626 g/mol. The van der Waals surface area contributed by atoms with Gasteiger partial charge in [-0.3, -0.25) is 0 Å². The molecule has 5 heteroatoms. The molecule has 0 atom stereocenters. The van der Waals surface area contributed by atoms with Gasteiger partial charge in [0.25, 0.3) is 0 Å². The Balaban J connectivity index is 0. The van der Waals surface area contributed by atoms with Crippen LogP contribution in [0.1, 0.15) is 6.92 Å². The molecule has 0 saturated heterocycles. The van der Waals surface area contributed by atoms with E-state index in [4.69, 9.17) is 5.73 Å². The molecule has 0 spiro atoms. The Hall–Kier alpha value is 3.07. The Morgan fingerprint density at radius 2 is 1.43 bits per heavy atom. The van der Waals surface area contributed by atoms with Crippen LogP contribution in [0, 0.1) is 0 Å². The van der Waals surface area contributed by atoms with Crippen molar-refractivity contribution in [2.75, 3.05) is 6.54 Å². The van der Waals surface area contributed by atoms with E-state index < -0.39 is 9.82 Å². The summed E-state index contributed by atoms with van der Waals surface area (Å²) in [5.74, 6) is 0. The molecule has 0 aliphatic rings. The van der Waals surface area contributed by atoms with Crippen LogP contribution in [0.5, 0.6) is 0 Å². The van der Waals surface area contributed by atoms with Crippen molar-refractivity contribution >= 4 is 63.1 Å². The van der Waals surface area contributed by atoms with Gasteiger partial charge >= 0.3 is 63.1 Å². The van der Waals surface area contributed by atoms with Crippen LogP contribution in [0.25, 0.3) is 0 Å². The second kappa shape index (κ2) is 11.8. The van der Waals surface area contributed by atoms with Crippen molar-refractivity contribution in [1.82, 2.24) is 0 Å². The van der Waals surface area contributed by atoms with Crippen molar-refractivity contribution in [1.29, 1.82) is 0 Å². The van der Waals surface area contributed by atoms with E-state index >= 15 is 0 Å². The van der Waals surface area contributed by atoms with Crippen LogP contribution in [0.4, 0.5) is 0 Å². The Bertz CT molecular complexity index is 24.1. The maximum absolute atomic E-state index is 4.85. The molecule has 0 aliphatic carbocycles. The fourth-order valence-electron chi connectivity index (χ4n) is 0. The van der Waals surface area contributed by atoms with Crippen LogP contribution < -0.4 is 5.73 Å². The molecule has 0 unspecified atom stereocenters. The quantitative estimate of drug-likeness (QED) is 0.321. The van der Waals surface area contributed by atoms with Crippen molar-refractivity contribution in [2.24, 2.45) is 5.73 Å². The minimum atomic E-state index is -0.812. The summed E-state index contributed by atoms with van der Waals surface area (Å²) in [5, 5.41) is 0. The topological polar surface area (TPSA) is 26.0 Å². The molecule has 0 aromatic rings. The molecule has 0 amide bonds. The van der Waals surface area contributed by atoms with E-state index in [0.29, 0.717) is 0 Å². The summed E-state index contributed by atoms with van der Waals surface area (Å²) in [6.07, 6.45) is 0. The first-order chi connectivity index (χ1) is 3.15. The normalized spacial score (nSPS) is 7.71. The van der Waals surface area contributed by atoms with Crippen LogP contribution in [0.2, 0.25) is 0 Å². The zero-order valence-corrected chi connectivity index (χ0v) is 15.0. The van der Waals surface area contributed by atoms with Gasteiger partial charge in [-0.05, 0) is 6.54 Å². The summed E-state index contributed by atoms with van der Waals surface area (Å²) in [7, 11) is -0.812. The van der Waals surface area contributed by atoms with Gasteiger partial charge in [-0.2, -0.15) is 0 Å². The third-order valence-corrected chi connectivity index (χ3v) is 0. The van der Waals surface area contributed by atoms with Crippen molar-refractivity contribution in [2.45, 2.75) is 6.92 Å². The molecule has 0 saturated carbocycles. The van der Waals surface area contributed by atoms with E-state index in [2.05, 4.69) is 53.3 Å². The molecule has 0 radical (unpaired) electrons. The summed E-state index contributed by atoms with van der Waals surface area (Å²) in [5.41, 5.74) is 4.85. The molecule has 0 aliphatic heterocycles. The molecule has 0 rings (SSSR count). The Kier molecular flexibility index (Phi) is 21.5. The molecule has 46 valence electrons.